The molecule has 1 saturated heterocycles. The number of thiocarbonyl (C=S) groups is 1. The molecular formula is C17H10ClN3O6S. The first-order valence-corrected chi connectivity index (χ1v) is 8.35. The van der Waals surface area contributed by atoms with Crippen molar-refractivity contribution in [3.63, 3.8) is 0 Å². The van der Waals surface area contributed by atoms with E-state index in [0.29, 0.717) is 10.7 Å². The summed E-state index contributed by atoms with van der Waals surface area (Å²) in [7, 11) is 0. The Morgan fingerprint density at radius 3 is 2.39 bits per heavy atom. The Morgan fingerprint density at radius 1 is 1.14 bits per heavy atom. The van der Waals surface area contributed by atoms with Gasteiger partial charge in [-0.3, -0.25) is 29.9 Å². The predicted molar refractivity (Wildman–Crippen MR) is 104 cm³/mol. The van der Waals surface area contributed by atoms with E-state index < -0.39 is 39.5 Å². The molecule has 9 nitrogen and oxygen atoms in total. The van der Waals surface area contributed by atoms with E-state index in [4.69, 9.17) is 23.8 Å². The van der Waals surface area contributed by atoms with E-state index in [1.165, 1.54) is 24.3 Å². The van der Waals surface area contributed by atoms with Gasteiger partial charge in [-0.05, 0) is 42.6 Å². The minimum atomic E-state index is -0.866. The third-order valence-corrected chi connectivity index (χ3v) is 4.34. The molecule has 0 aromatic heterocycles. The molecule has 0 saturated carbocycles. The van der Waals surface area contributed by atoms with Crippen LogP contribution in [0.4, 0.5) is 11.4 Å². The maximum Gasteiger partial charge on any atom is 0.311 e. The average molecular weight is 420 g/mol. The monoisotopic (exact) mass is 419 g/mol. The molecule has 0 bridgehead atoms. The van der Waals surface area contributed by atoms with Crippen molar-refractivity contribution in [2.45, 2.75) is 0 Å². The van der Waals surface area contributed by atoms with Gasteiger partial charge in [0.05, 0.1) is 10.6 Å². The lowest BCUT2D eigenvalue weighted by Crippen LogP contribution is -2.54. The fourth-order valence-corrected chi connectivity index (χ4v) is 2.89. The number of benzene rings is 2. The van der Waals surface area contributed by atoms with E-state index in [-0.39, 0.29) is 10.7 Å². The molecule has 0 atom stereocenters. The van der Waals surface area contributed by atoms with E-state index in [1.807, 2.05) is 0 Å². The molecule has 2 aromatic carbocycles. The lowest BCUT2D eigenvalue weighted by Gasteiger charge is -2.29. The molecule has 0 spiro atoms. The molecule has 2 amide bonds. The molecule has 1 heterocycles. The molecule has 1 fully saturated rings. The first-order valence-electron chi connectivity index (χ1n) is 7.56. The number of anilines is 1. The molecule has 3 N–H and O–H groups in total. The highest BCUT2D eigenvalue weighted by Crippen LogP contribution is 2.34. The summed E-state index contributed by atoms with van der Waals surface area (Å²) in [6.07, 6.45) is 0.976. The lowest BCUT2D eigenvalue weighted by atomic mass is 10.1. The highest BCUT2D eigenvalue weighted by Gasteiger charge is 2.34. The van der Waals surface area contributed by atoms with Crippen LogP contribution in [0, 0.1) is 10.1 Å². The molecular weight excluding hydrogens is 410 g/mol. The summed E-state index contributed by atoms with van der Waals surface area (Å²) in [5, 5.41) is 33.1. The fraction of sp³-hybridized carbons (Fsp3) is 0. The number of nitrogens with zero attached hydrogens (tertiary/aromatic N) is 2. The Hall–Kier alpha value is -3.50. The summed E-state index contributed by atoms with van der Waals surface area (Å²) in [6, 6.07) is 7.69. The number of halogens is 1. The van der Waals surface area contributed by atoms with Gasteiger partial charge in [-0.15, -0.1) is 0 Å². The molecule has 0 unspecified atom stereocenters. The fourth-order valence-electron chi connectivity index (χ4n) is 2.48. The van der Waals surface area contributed by atoms with Crippen LogP contribution < -0.4 is 10.2 Å². The number of amides is 2. The largest absolute Gasteiger partial charge is 0.507 e. The smallest absolute Gasteiger partial charge is 0.311 e. The zero-order valence-corrected chi connectivity index (χ0v) is 15.3. The second kappa shape index (κ2) is 7.25. The molecule has 142 valence electrons. The van der Waals surface area contributed by atoms with Crippen molar-refractivity contribution >= 4 is 58.2 Å². The van der Waals surface area contributed by atoms with Crippen LogP contribution in [0.15, 0.2) is 42.0 Å². The van der Waals surface area contributed by atoms with Gasteiger partial charge < -0.3 is 10.2 Å². The number of hydrogen-bond acceptors (Lipinski definition) is 7. The van der Waals surface area contributed by atoms with Crippen molar-refractivity contribution < 1.29 is 24.7 Å². The Kier molecular flexibility index (Phi) is 4.99. The summed E-state index contributed by atoms with van der Waals surface area (Å²) < 4.78 is 0. The van der Waals surface area contributed by atoms with E-state index in [0.717, 1.165) is 23.1 Å². The lowest BCUT2D eigenvalue weighted by molar-refractivity contribution is -0.385. The van der Waals surface area contributed by atoms with Gasteiger partial charge in [-0.25, -0.2) is 0 Å². The van der Waals surface area contributed by atoms with Crippen LogP contribution in [0.25, 0.3) is 6.08 Å². The predicted octanol–water partition coefficient (Wildman–Crippen LogP) is 2.49. The number of phenols is 2. The maximum absolute atomic E-state index is 12.8. The number of phenolic OH excluding ortho intramolecular Hbond substituents is 2. The SMILES string of the molecule is O=C1NC(=S)N(c2ccc(Cl)cc2)C(=O)/C1=C/c1cc([N+](=O)[O-])c(O)cc1O. The molecule has 0 aliphatic carbocycles. The number of aromatic hydroxyl groups is 2. The number of carbonyl (C=O) groups excluding carboxylic acids is 2. The zero-order valence-electron chi connectivity index (χ0n) is 13.7. The third-order valence-electron chi connectivity index (χ3n) is 3.81. The van der Waals surface area contributed by atoms with Crippen LogP contribution in [0.1, 0.15) is 5.56 Å². The Balaban J connectivity index is 2.08. The number of nitro benzene ring substituents is 1. The van der Waals surface area contributed by atoms with E-state index in [9.17, 15) is 29.9 Å². The van der Waals surface area contributed by atoms with Gasteiger partial charge in [0, 0.05) is 22.7 Å². The second-order valence-corrected chi connectivity index (χ2v) is 6.41. The topological polar surface area (TPSA) is 133 Å². The summed E-state index contributed by atoms with van der Waals surface area (Å²) in [6.45, 7) is 0. The van der Waals surface area contributed by atoms with Crippen molar-refractivity contribution in [3.05, 3.63) is 62.7 Å². The van der Waals surface area contributed by atoms with Crippen molar-refractivity contribution in [2.24, 2.45) is 0 Å². The van der Waals surface area contributed by atoms with E-state index in [1.54, 1.807) is 0 Å². The number of carbonyl (C=O) groups is 2. The van der Waals surface area contributed by atoms with E-state index in [2.05, 4.69) is 5.32 Å². The molecule has 3 rings (SSSR count). The minimum absolute atomic E-state index is 0.157. The molecule has 28 heavy (non-hydrogen) atoms. The standard InChI is InChI=1S/C17H10ClN3O6S/c18-9-1-3-10(4-2-9)20-16(25)11(15(24)19-17(20)28)5-8-6-12(21(26)27)14(23)7-13(8)22/h1-7,22-23H,(H,19,24,28)/b11-5+. The Labute approximate surface area is 167 Å². The van der Waals surface area contributed by atoms with Crippen LogP contribution in [0.2, 0.25) is 5.02 Å². The van der Waals surface area contributed by atoms with Gasteiger partial charge in [-0.2, -0.15) is 0 Å². The van der Waals surface area contributed by atoms with Crippen molar-refractivity contribution in [3.8, 4) is 11.5 Å². The normalized spacial score (nSPS) is 15.7. The quantitative estimate of drug-likeness (QED) is 0.229. The van der Waals surface area contributed by atoms with Gasteiger partial charge in [-0.1, -0.05) is 11.6 Å². The maximum atomic E-state index is 12.8. The minimum Gasteiger partial charge on any atom is -0.507 e. The third kappa shape index (κ3) is 3.50. The molecule has 11 heteroatoms. The highest BCUT2D eigenvalue weighted by molar-refractivity contribution is 7.80. The van der Waals surface area contributed by atoms with Gasteiger partial charge in [0.1, 0.15) is 11.3 Å². The van der Waals surface area contributed by atoms with E-state index >= 15 is 0 Å². The Morgan fingerprint density at radius 2 is 1.79 bits per heavy atom. The van der Waals surface area contributed by atoms with Crippen molar-refractivity contribution in [2.75, 3.05) is 4.90 Å². The zero-order chi connectivity index (χ0) is 20.6. The highest BCUT2D eigenvalue weighted by atomic mass is 35.5. The first kappa shape index (κ1) is 19.3. The van der Waals surface area contributed by atoms with Crippen LogP contribution in [0.5, 0.6) is 11.5 Å². The van der Waals surface area contributed by atoms with Crippen LogP contribution in [-0.2, 0) is 9.59 Å². The number of nitrogens with one attached hydrogen (secondary N) is 1. The van der Waals surface area contributed by atoms with Crippen LogP contribution >= 0.6 is 23.8 Å². The summed E-state index contributed by atoms with van der Waals surface area (Å²) >= 11 is 10.9. The van der Waals surface area contributed by atoms with Gasteiger partial charge in [0.15, 0.2) is 10.9 Å². The summed E-state index contributed by atoms with van der Waals surface area (Å²) in [4.78, 5) is 36.2. The summed E-state index contributed by atoms with van der Waals surface area (Å²) in [5.74, 6) is -2.95. The second-order valence-electron chi connectivity index (χ2n) is 5.59. The molecule has 1 aliphatic rings. The number of nitro groups is 1. The summed E-state index contributed by atoms with van der Waals surface area (Å²) in [5.41, 5.74) is -0.977. The molecule has 1 aliphatic heterocycles. The van der Waals surface area contributed by atoms with Crippen LogP contribution in [0.3, 0.4) is 0 Å². The number of rotatable bonds is 3. The average Bonchev–Trinajstić information content (AvgIpc) is 2.61. The number of hydrogen-bond donors (Lipinski definition) is 3. The van der Waals surface area contributed by atoms with Gasteiger partial charge in [0.2, 0.25) is 0 Å². The van der Waals surface area contributed by atoms with Gasteiger partial charge >= 0.3 is 5.69 Å². The van der Waals surface area contributed by atoms with Crippen molar-refractivity contribution in [1.29, 1.82) is 0 Å². The van der Waals surface area contributed by atoms with Crippen molar-refractivity contribution in [1.82, 2.24) is 5.32 Å². The molecule has 2 aromatic rings. The first-order chi connectivity index (χ1) is 13.2. The Bertz CT molecular complexity index is 1070. The van der Waals surface area contributed by atoms with Crippen LogP contribution in [-0.4, -0.2) is 32.1 Å². The van der Waals surface area contributed by atoms with Gasteiger partial charge in [0.25, 0.3) is 11.8 Å². The molecule has 0 radical (unpaired) electrons.